The van der Waals surface area contributed by atoms with E-state index in [1.54, 1.807) is 0 Å². The van der Waals surface area contributed by atoms with Crippen molar-refractivity contribution in [1.82, 2.24) is 9.80 Å². The van der Waals surface area contributed by atoms with Crippen molar-refractivity contribution < 1.29 is 4.79 Å². The molecule has 1 saturated carbocycles. The Kier molecular flexibility index (Phi) is 6.80. The lowest BCUT2D eigenvalue weighted by molar-refractivity contribution is -0.138. The van der Waals surface area contributed by atoms with E-state index in [4.69, 9.17) is 5.73 Å². The third-order valence-electron chi connectivity index (χ3n) is 4.28. The Balaban J connectivity index is 2.56. The van der Waals surface area contributed by atoms with Crippen molar-refractivity contribution >= 4 is 5.91 Å². The van der Waals surface area contributed by atoms with E-state index in [0.29, 0.717) is 5.92 Å². The maximum Gasteiger partial charge on any atom is 0.227 e. The van der Waals surface area contributed by atoms with Crippen molar-refractivity contribution in [2.45, 2.75) is 45.6 Å². The van der Waals surface area contributed by atoms with Crippen molar-refractivity contribution in [3.8, 4) is 0 Å². The van der Waals surface area contributed by atoms with Gasteiger partial charge in [0.2, 0.25) is 5.91 Å². The van der Waals surface area contributed by atoms with Crippen molar-refractivity contribution in [2.24, 2.45) is 17.6 Å². The first kappa shape index (κ1) is 16.4. The highest BCUT2D eigenvalue weighted by molar-refractivity contribution is 5.80. The molecular formula is C15H31N3O. The predicted molar refractivity (Wildman–Crippen MR) is 79.9 cm³/mol. The van der Waals surface area contributed by atoms with E-state index in [2.05, 4.69) is 32.8 Å². The molecule has 3 atom stereocenters. The zero-order valence-electron chi connectivity index (χ0n) is 13.1. The van der Waals surface area contributed by atoms with E-state index >= 15 is 0 Å². The molecule has 19 heavy (non-hydrogen) atoms. The molecule has 4 nitrogen and oxygen atoms in total. The third kappa shape index (κ3) is 4.77. The third-order valence-corrected chi connectivity index (χ3v) is 4.28. The van der Waals surface area contributed by atoms with Gasteiger partial charge in [-0.25, -0.2) is 0 Å². The highest BCUT2D eigenvalue weighted by Gasteiger charge is 2.35. The van der Waals surface area contributed by atoms with Crippen molar-refractivity contribution in [3.63, 3.8) is 0 Å². The van der Waals surface area contributed by atoms with Crippen LogP contribution in [0.5, 0.6) is 0 Å². The largest absolute Gasteiger partial charge is 0.343 e. The van der Waals surface area contributed by atoms with Gasteiger partial charge >= 0.3 is 0 Å². The molecule has 1 aliphatic carbocycles. The van der Waals surface area contributed by atoms with Gasteiger partial charge in [0.25, 0.3) is 0 Å². The molecule has 0 aromatic heterocycles. The molecule has 0 bridgehead atoms. The minimum absolute atomic E-state index is 0.0352. The van der Waals surface area contributed by atoms with E-state index in [0.717, 1.165) is 38.9 Å². The van der Waals surface area contributed by atoms with Crippen molar-refractivity contribution in [3.05, 3.63) is 0 Å². The lowest BCUT2D eigenvalue weighted by atomic mass is 9.76. The molecule has 112 valence electrons. The number of carbonyl (C=O) groups is 1. The Hall–Kier alpha value is -0.610. The number of hydrogen-bond acceptors (Lipinski definition) is 3. The molecule has 1 amide bonds. The van der Waals surface area contributed by atoms with E-state index in [1.165, 1.54) is 6.42 Å². The van der Waals surface area contributed by atoms with Gasteiger partial charge in [0.05, 0.1) is 5.92 Å². The summed E-state index contributed by atoms with van der Waals surface area (Å²) in [4.78, 5) is 16.8. The van der Waals surface area contributed by atoms with Crippen LogP contribution < -0.4 is 5.73 Å². The number of nitrogens with two attached hydrogens (primary N) is 1. The standard InChI is InChI=1S/C15H31N3O/c1-5-18(11-7-10-17(3)4)15(19)14-12(2)8-6-9-13(14)16/h12-14H,5-11,16H2,1-4H3. The normalized spacial score (nSPS) is 27.6. The highest BCUT2D eigenvalue weighted by Crippen LogP contribution is 2.30. The highest BCUT2D eigenvalue weighted by atomic mass is 16.2. The van der Waals surface area contributed by atoms with Crippen LogP contribution >= 0.6 is 0 Å². The van der Waals surface area contributed by atoms with Crippen LogP contribution in [0.1, 0.15) is 39.5 Å². The van der Waals surface area contributed by atoms with E-state index in [-0.39, 0.29) is 17.9 Å². The van der Waals surface area contributed by atoms with E-state index < -0.39 is 0 Å². The SMILES string of the molecule is CCN(CCCN(C)C)C(=O)C1C(C)CCCC1N. The summed E-state index contributed by atoms with van der Waals surface area (Å²) in [7, 11) is 4.13. The van der Waals surface area contributed by atoms with Crippen LogP contribution in [0.15, 0.2) is 0 Å². The lowest BCUT2D eigenvalue weighted by Gasteiger charge is -2.36. The average molecular weight is 269 g/mol. The van der Waals surface area contributed by atoms with Crippen LogP contribution in [0.4, 0.5) is 0 Å². The van der Waals surface area contributed by atoms with Crippen LogP contribution in [0, 0.1) is 11.8 Å². The smallest absolute Gasteiger partial charge is 0.227 e. The number of carbonyl (C=O) groups excluding carboxylic acids is 1. The van der Waals surface area contributed by atoms with E-state index in [9.17, 15) is 4.79 Å². The predicted octanol–water partition coefficient (Wildman–Crippen LogP) is 1.55. The van der Waals surface area contributed by atoms with Gasteiger partial charge in [-0.3, -0.25) is 4.79 Å². The van der Waals surface area contributed by atoms with Crippen molar-refractivity contribution in [2.75, 3.05) is 33.7 Å². The monoisotopic (exact) mass is 269 g/mol. The first-order chi connectivity index (χ1) is 8.97. The number of nitrogens with zero attached hydrogens (tertiary/aromatic N) is 2. The number of hydrogen-bond donors (Lipinski definition) is 1. The minimum Gasteiger partial charge on any atom is -0.343 e. The van der Waals surface area contributed by atoms with Gasteiger partial charge in [-0.15, -0.1) is 0 Å². The van der Waals surface area contributed by atoms with Gasteiger partial charge in [0, 0.05) is 19.1 Å². The van der Waals surface area contributed by atoms with Gasteiger partial charge in [0.1, 0.15) is 0 Å². The number of amides is 1. The van der Waals surface area contributed by atoms with Gasteiger partial charge in [-0.2, -0.15) is 0 Å². The molecule has 3 unspecified atom stereocenters. The molecule has 0 spiro atoms. The molecule has 4 heteroatoms. The summed E-state index contributed by atoms with van der Waals surface area (Å²) in [6.45, 7) is 6.91. The Labute approximate surface area is 118 Å². The van der Waals surface area contributed by atoms with Crippen molar-refractivity contribution in [1.29, 1.82) is 0 Å². The summed E-state index contributed by atoms with van der Waals surface area (Å²) in [6.07, 6.45) is 4.33. The van der Waals surface area contributed by atoms with Crippen LogP contribution in [-0.4, -0.2) is 55.5 Å². The van der Waals surface area contributed by atoms with Crippen LogP contribution in [0.25, 0.3) is 0 Å². The molecule has 1 rings (SSSR count). The molecule has 0 heterocycles. The fourth-order valence-electron chi connectivity index (χ4n) is 3.10. The second-order valence-corrected chi connectivity index (χ2v) is 6.17. The summed E-state index contributed by atoms with van der Waals surface area (Å²) >= 11 is 0. The van der Waals surface area contributed by atoms with Gasteiger partial charge < -0.3 is 15.5 Å². The molecule has 0 aromatic rings. The first-order valence-corrected chi connectivity index (χ1v) is 7.66. The Morgan fingerprint density at radius 3 is 2.47 bits per heavy atom. The summed E-state index contributed by atoms with van der Waals surface area (Å²) in [5.41, 5.74) is 6.18. The molecular weight excluding hydrogens is 238 g/mol. The topological polar surface area (TPSA) is 49.6 Å². The summed E-state index contributed by atoms with van der Waals surface area (Å²) < 4.78 is 0. The average Bonchev–Trinajstić information content (AvgIpc) is 2.34. The second-order valence-electron chi connectivity index (χ2n) is 6.17. The van der Waals surface area contributed by atoms with Crippen LogP contribution in [0.2, 0.25) is 0 Å². The maximum absolute atomic E-state index is 12.7. The second kappa shape index (κ2) is 7.85. The number of rotatable bonds is 6. The maximum atomic E-state index is 12.7. The summed E-state index contributed by atoms with van der Waals surface area (Å²) in [5.74, 6) is 0.744. The van der Waals surface area contributed by atoms with Crippen LogP contribution in [0.3, 0.4) is 0 Å². The Morgan fingerprint density at radius 2 is 1.95 bits per heavy atom. The molecule has 0 aromatic carbocycles. The molecule has 2 N–H and O–H groups in total. The molecule has 1 fully saturated rings. The van der Waals surface area contributed by atoms with Gasteiger partial charge in [0.15, 0.2) is 0 Å². The minimum atomic E-state index is 0.0352. The molecule has 0 saturated heterocycles. The first-order valence-electron chi connectivity index (χ1n) is 7.66. The fourth-order valence-corrected chi connectivity index (χ4v) is 3.10. The summed E-state index contributed by atoms with van der Waals surface area (Å²) in [6, 6.07) is 0.0548. The lowest BCUT2D eigenvalue weighted by Crippen LogP contribution is -2.49. The van der Waals surface area contributed by atoms with E-state index in [1.807, 2.05) is 4.90 Å². The summed E-state index contributed by atoms with van der Waals surface area (Å²) in [5, 5.41) is 0. The fraction of sp³-hybridized carbons (Fsp3) is 0.933. The molecule has 1 aliphatic rings. The van der Waals surface area contributed by atoms with Gasteiger partial charge in [-0.05, 0) is 52.7 Å². The molecule has 0 radical (unpaired) electrons. The Morgan fingerprint density at radius 1 is 1.26 bits per heavy atom. The zero-order valence-corrected chi connectivity index (χ0v) is 13.1. The quantitative estimate of drug-likeness (QED) is 0.796. The molecule has 0 aliphatic heterocycles. The Bertz CT molecular complexity index is 271. The zero-order chi connectivity index (χ0) is 14.4. The van der Waals surface area contributed by atoms with Gasteiger partial charge in [-0.1, -0.05) is 13.3 Å². The van der Waals surface area contributed by atoms with Crippen LogP contribution in [-0.2, 0) is 4.79 Å².